The molecule has 4 rings (SSSR count). The van der Waals surface area contributed by atoms with Crippen molar-refractivity contribution in [2.45, 2.75) is 39.4 Å². The Kier molecular flexibility index (Phi) is 6.98. The molecule has 3 heteroatoms. The van der Waals surface area contributed by atoms with Gasteiger partial charge in [0.1, 0.15) is 23.4 Å². The molecule has 0 aliphatic rings. The summed E-state index contributed by atoms with van der Waals surface area (Å²) in [5, 5.41) is 0. The van der Waals surface area contributed by atoms with Crippen molar-refractivity contribution in [2.75, 3.05) is 0 Å². The molecule has 0 bridgehead atoms. The number of carbonyl (C=O) groups is 1. The van der Waals surface area contributed by atoms with E-state index >= 15 is 0 Å². The molecule has 1 aromatic heterocycles. The van der Waals surface area contributed by atoms with E-state index in [1.54, 1.807) is 6.92 Å². The van der Waals surface area contributed by atoms with Gasteiger partial charge in [0.05, 0.1) is 6.61 Å². The van der Waals surface area contributed by atoms with Gasteiger partial charge in [0.2, 0.25) is 0 Å². The lowest BCUT2D eigenvalue weighted by Gasteiger charge is -2.20. The number of rotatable bonds is 9. The highest BCUT2D eigenvalue weighted by molar-refractivity contribution is 5.76. The molecule has 1 atom stereocenters. The maximum absolute atomic E-state index is 11.9. The number of ether oxygens (including phenoxy) is 1. The van der Waals surface area contributed by atoms with Crippen molar-refractivity contribution in [3.63, 3.8) is 0 Å². The molecule has 4 aromatic rings. The van der Waals surface area contributed by atoms with Crippen LogP contribution in [0.4, 0.5) is 0 Å². The molecule has 0 fully saturated rings. The lowest BCUT2D eigenvalue weighted by molar-refractivity contribution is -0.116. The monoisotopic (exact) mass is 424 g/mol. The molecule has 0 radical (unpaired) electrons. The van der Waals surface area contributed by atoms with Gasteiger partial charge in [-0.15, -0.1) is 0 Å². The van der Waals surface area contributed by atoms with E-state index in [2.05, 4.69) is 24.3 Å². The number of Topliss-reactive ketones (excluding diaryl/α,β-unsaturated/α-hetero) is 1. The zero-order chi connectivity index (χ0) is 22.3. The van der Waals surface area contributed by atoms with E-state index in [4.69, 9.17) is 9.15 Å². The van der Waals surface area contributed by atoms with Crippen molar-refractivity contribution in [1.29, 1.82) is 0 Å². The van der Waals surface area contributed by atoms with Gasteiger partial charge in [0, 0.05) is 23.1 Å². The van der Waals surface area contributed by atoms with Crippen molar-refractivity contribution in [1.82, 2.24) is 0 Å². The molecule has 32 heavy (non-hydrogen) atoms. The Hall–Kier alpha value is -3.43. The summed E-state index contributed by atoms with van der Waals surface area (Å²) in [6, 6.07) is 30.5. The molecule has 162 valence electrons. The van der Waals surface area contributed by atoms with Gasteiger partial charge < -0.3 is 13.9 Å². The fourth-order valence-electron chi connectivity index (χ4n) is 4.05. The summed E-state index contributed by atoms with van der Waals surface area (Å²) in [4.78, 5) is 11.9. The summed E-state index contributed by atoms with van der Waals surface area (Å²) < 4.78 is 12.9. The number of furan rings is 1. The molecule has 0 aliphatic carbocycles. The van der Waals surface area contributed by atoms with Crippen LogP contribution in [0, 0.1) is 6.92 Å². The number of carbonyl (C=O) groups excluding carboxylic acids is 1. The van der Waals surface area contributed by atoms with Crippen molar-refractivity contribution in [3.05, 3.63) is 119 Å². The molecule has 1 heterocycles. The van der Waals surface area contributed by atoms with Crippen LogP contribution in [0.15, 0.2) is 95.4 Å². The van der Waals surface area contributed by atoms with Crippen LogP contribution >= 0.6 is 0 Å². The molecule has 0 saturated carbocycles. The van der Waals surface area contributed by atoms with E-state index in [1.165, 1.54) is 0 Å². The first-order chi connectivity index (χ1) is 15.6. The highest BCUT2D eigenvalue weighted by Crippen LogP contribution is 2.40. The number of benzene rings is 3. The maximum atomic E-state index is 11.9. The predicted octanol–water partition coefficient (Wildman–Crippen LogP) is 7.08. The second-order valence-electron chi connectivity index (χ2n) is 8.03. The average Bonchev–Trinajstić information content (AvgIpc) is 3.16. The molecule has 3 aromatic carbocycles. The standard InChI is InChI=1S/C29H28O3/c1-21(30)18-19-26-27(22(2)32-28(26)24-14-8-4-9-15-24)29(25-16-10-5-11-17-25)31-20-23-12-6-3-7-13-23/h3-17,29H,18-20H2,1-2H3. The van der Waals surface area contributed by atoms with Crippen LogP contribution in [0.1, 0.15) is 47.5 Å². The minimum Gasteiger partial charge on any atom is -0.461 e. The largest absolute Gasteiger partial charge is 0.461 e. The molecule has 0 saturated heterocycles. The van der Waals surface area contributed by atoms with E-state index in [1.807, 2.05) is 73.7 Å². The molecule has 1 unspecified atom stereocenters. The van der Waals surface area contributed by atoms with Gasteiger partial charge in [-0.2, -0.15) is 0 Å². The molecule has 0 N–H and O–H groups in total. The molecule has 3 nitrogen and oxygen atoms in total. The number of aryl methyl sites for hydroxylation is 1. The number of hydrogen-bond donors (Lipinski definition) is 0. The van der Waals surface area contributed by atoms with Crippen LogP contribution in [-0.4, -0.2) is 5.78 Å². The van der Waals surface area contributed by atoms with Gasteiger partial charge in [0.15, 0.2) is 0 Å². The Labute approximate surface area is 189 Å². The smallest absolute Gasteiger partial charge is 0.137 e. The fourth-order valence-corrected chi connectivity index (χ4v) is 4.05. The third kappa shape index (κ3) is 5.06. The van der Waals surface area contributed by atoms with Crippen molar-refractivity contribution in [3.8, 4) is 11.3 Å². The Balaban J connectivity index is 1.80. The van der Waals surface area contributed by atoms with E-state index in [0.29, 0.717) is 19.4 Å². The predicted molar refractivity (Wildman–Crippen MR) is 127 cm³/mol. The minimum absolute atomic E-state index is 0.162. The van der Waals surface area contributed by atoms with Crippen LogP contribution in [0.2, 0.25) is 0 Å². The SMILES string of the molecule is CC(=O)CCc1c(-c2ccccc2)oc(C)c1C(OCc1ccccc1)c1ccccc1. The van der Waals surface area contributed by atoms with Gasteiger partial charge in [-0.1, -0.05) is 91.0 Å². The van der Waals surface area contributed by atoms with Crippen LogP contribution < -0.4 is 0 Å². The third-order valence-corrected chi connectivity index (χ3v) is 5.62. The average molecular weight is 425 g/mol. The normalized spacial score (nSPS) is 11.9. The second-order valence-corrected chi connectivity index (χ2v) is 8.03. The van der Waals surface area contributed by atoms with Gasteiger partial charge in [-0.25, -0.2) is 0 Å². The molecular formula is C29H28O3. The van der Waals surface area contributed by atoms with Gasteiger partial charge in [-0.05, 0) is 31.4 Å². The summed E-state index contributed by atoms with van der Waals surface area (Å²) in [7, 11) is 0. The van der Waals surface area contributed by atoms with E-state index in [0.717, 1.165) is 39.3 Å². The zero-order valence-electron chi connectivity index (χ0n) is 18.6. The van der Waals surface area contributed by atoms with Crippen molar-refractivity contribution in [2.24, 2.45) is 0 Å². The Morgan fingerprint density at radius 2 is 1.47 bits per heavy atom. The van der Waals surface area contributed by atoms with E-state index in [-0.39, 0.29) is 11.9 Å². The highest BCUT2D eigenvalue weighted by Gasteiger charge is 2.27. The van der Waals surface area contributed by atoms with Gasteiger partial charge in [0.25, 0.3) is 0 Å². The van der Waals surface area contributed by atoms with Gasteiger partial charge in [-0.3, -0.25) is 0 Å². The number of ketones is 1. The van der Waals surface area contributed by atoms with Crippen LogP contribution in [0.3, 0.4) is 0 Å². The van der Waals surface area contributed by atoms with Crippen molar-refractivity contribution >= 4 is 5.78 Å². The molecule has 0 spiro atoms. The van der Waals surface area contributed by atoms with E-state index in [9.17, 15) is 4.79 Å². The lowest BCUT2D eigenvalue weighted by atomic mass is 9.92. The summed E-state index contributed by atoms with van der Waals surface area (Å²) >= 11 is 0. The first-order valence-corrected chi connectivity index (χ1v) is 11.0. The Morgan fingerprint density at radius 1 is 0.875 bits per heavy atom. The van der Waals surface area contributed by atoms with Crippen LogP contribution in [0.5, 0.6) is 0 Å². The maximum Gasteiger partial charge on any atom is 0.137 e. The third-order valence-electron chi connectivity index (χ3n) is 5.62. The molecule has 0 aliphatic heterocycles. The molecular weight excluding hydrogens is 396 g/mol. The first kappa shape index (κ1) is 21.8. The Morgan fingerprint density at radius 3 is 2.09 bits per heavy atom. The summed E-state index contributed by atoms with van der Waals surface area (Å²) in [6.07, 6.45) is 0.788. The summed E-state index contributed by atoms with van der Waals surface area (Å²) in [6.45, 7) is 4.11. The zero-order valence-corrected chi connectivity index (χ0v) is 18.6. The minimum atomic E-state index is -0.292. The fraction of sp³-hybridized carbons (Fsp3) is 0.207. The number of hydrogen-bond acceptors (Lipinski definition) is 3. The molecule has 0 amide bonds. The topological polar surface area (TPSA) is 39.4 Å². The van der Waals surface area contributed by atoms with Crippen molar-refractivity contribution < 1.29 is 13.9 Å². The highest BCUT2D eigenvalue weighted by atomic mass is 16.5. The second kappa shape index (κ2) is 10.3. The Bertz CT molecular complexity index is 1150. The van der Waals surface area contributed by atoms with Crippen LogP contribution in [0.25, 0.3) is 11.3 Å². The lowest BCUT2D eigenvalue weighted by Crippen LogP contribution is -2.10. The van der Waals surface area contributed by atoms with E-state index < -0.39 is 0 Å². The quantitative estimate of drug-likeness (QED) is 0.288. The van der Waals surface area contributed by atoms with Gasteiger partial charge >= 0.3 is 0 Å². The summed E-state index contributed by atoms with van der Waals surface area (Å²) in [5.74, 6) is 1.81. The van der Waals surface area contributed by atoms with Crippen LogP contribution in [-0.2, 0) is 22.6 Å². The summed E-state index contributed by atoms with van der Waals surface area (Å²) in [5.41, 5.74) is 5.26. The first-order valence-electron chi connectivity index (χ1n) is 11.0.